The number of alkyl halides is 2. The summed E-state index contributed by atoms with van der Waals surface area (Å²) < 4.78 is 54.9. The van der Waals surface area contributed by atoms with Crippen LogP contribution in [0.2, 0.25) is 0 Å². The highest BCUT2D eigenvalue weighted by molar-refractivity contribution is 7.91. The molecule has 11 nitrogen and oxygen atoms in total. The monoisotopic (exact) mass is 645 g/mol. The fourth-order valence-corrected chi connectivity index (χ4v) is 7.37. The molecule has 2 aliphatic rings. The van der Waals surface area contributed by atoms with Gasteiger partial charge in [0, 0.05) is 45.3 Å². The van der Waals surface area contributed by atoms with Crippen molar-refractivity contribution in [1.82, 2.24) is 15.5 Å². The second kappa shape index (κ2) is 11.7. The van der Waals surface area contributed by atoms with Gasteiger partial charge >= 0.3 is 0 Å². The fourth-order valence-electron chi connectivity index (χ4n) is 5.46. The molecule has 44 heavy (non-hydrogen) atoms. The molecule has 3 amide bonds. The summed E-state index contributed by atoms with van der Waals surface area (Å²) in [5.41, 5.74) is 5.98. The summed E-state index contributed by atoms with van der Waals surface area (Å²) >= 11 is 1.15. The first-order chi connectivity index (χ1) is 20.7. The van der Waals surface area contributed by atoms with Crippen molar-refractivity contribution in [2.45, 2.75) is 29.7 Å². The molecule has 1 aromatic heterocycles. The summed E-state index contributed by atoms with van der Waals surface area (Å²) in [4.78, 5) is 41.0. The SMILES string of the molecule is CS(=O)(=O)[C@@H]1C[C@@H](C(=O)N[C@H](CO)c2cc(C(=N)N)cs2)N(C(=O)CNC(=O)c2ccc3c(c2)C(F)(F)c2ccccc2-3)C1. The number of carbonyl (C=O) groups excluding carboxylic acids is 3. The minimum atomic E-state index is -3.66. The van der Waals surface area contributed by atoms with Crippen molar-refractivity contribution < 1.29 is 36.7 Å². The van der Waals surface area contributed by atoms with Crippen LogP contribution in [-0.4, -0.2) is 79.2 Å². The van der Waals surface area contributed by atoms with E-state index in [1.807, 2.05) is 0 Å². The molecule has 3 aromatic rings. The molecule has 1 aliphatic heterocycles. The predicted octanol–water partition coefficient (Wildman–Crippen LogP) is 1.75. The molecule has 0 unspecified atom stereocenters. The van der Waals surface area contributed by atoms with Gasteiger partial charge in [-0.2, -0.15) is 8.78 Å². The molecule has 0 radical (unpaired) electrons. The minimum absolute atomic E-state index is 0.0968. The van der Waals surface area contributed by atoms with Crippen LogP contribution in [0.25, 0.3) is 11.1 Å². The van der Waals surface area contributed by atoms with Gasteiger partial charge in [0.1, 0.15) is 11.9 Å². The first-order valence-electron chi connectivity index (χ1n) is 13.4. The zero-order valence-electron chi connectivity index (χ0n) is 23.3. The molecular formula is C29H29F2N5O6S2. The molecule has 1 fully saturated rings. The number of aliphatic hydroxyl groups excluding tert-OH is 1. The molecule has 2 heterocycles. The number of nitrogens with one attached hydrogen (secondary N) is 3. The van der Waals surface area contributed by atoms with Crippen molar-refractivity contribution in [3.8, 4) is 11.1 Å². The van der Waals surface area contributed by atoms with Gasteiger partial charge in [-0.15, -0.1) is 11.3 Å². The van der Waals surface area contributed by atoms with Crippen molar-refractivity contribution >= 4 is 44.7 Å². The number of sulfone groups is 1. The van der Waals surface area contributed by atoms with Gasteiger partial charge in [-0.25, -0.2) is 8.42 Å². The van der Waals surface area contributed by atoms with E-state index in [9.17, 15) is 27.9 Å². The predicted molar refractivity (Wildman–Crippen MR) is 159 cm³/mol. The summed E-state index contributed by atoms with van der Waals surface area (Å²) in [5.74, 6) is -5.77. The van der Waals surface area contributed by atoms with Crippen molar-refractivity contribution in [2.75, 3.05) is 26.0 Å². The lowest BCUT2D eigenvalue weighted by molar-refractivity contribution is -0.138. The third kappa shape index (κ3) is 5.81. The van der Waals surface area contributed by atoms with Crippen molar-refractivity contribution in [3.05, 3.63) is 81.0 Å². The molecule has 6 N–H and O–H groups in total. The quantitative estimate of drug-likeness (QED) is 0.173. The number of rotatable bonds is 9. The maximum atomic E-state index is 15.1. The number of benzene rings is 2. The van der Waals surface area contributed by atoms with Crippen LogP contribution < -0.4 is 16.4 Å². The molecule has 0 spiro atoms. The second-order valence-electron chi connectivity index (χ2n) is 10.7. The Labute approximate surface area is 255 Å². The number of aliphatic hydroxyl groups is 1. The number of carbonyl (C=O) groups is 3. The number of amidine groups is 1. The lowest BCUT2D eigenvalue weighted by atomic mass is 10.0. The van der Waals surface area contributed by atoms with Crippen LogP contribution in [0.3, 0.4) is 0 Å². The van der Waals surface area contributed by atoms with E-state index in [1.165, 1.54) is 30.3 Å². The first-order valence-corrected chi connectivity index (χ1v) is 16.3. The van der Waals surface area contributed by atoms with E-state index in [4.69, 9.17) is 11.1 Å². The van der Waals surface area contributed by atoms with Crippen LogP contribution in [-0.2, 0) is 25.3 Å². The number of nitrogen functional groups attached to an aromatic ring is 1. The molecule has 0 saturated carbocycles. The number of hydrogen-bond donors (Lipinski definition) is 5. The van der Waals surface area contributed by atoms with Crippen LogP contribution in [0.4, 0.5) is 8.78 Å². The van der Waals surface area contributed by atoms with Crippen LogP contribution in [0.1, 0.15) is 44.4 Å². The first kappa shape index (κ1) is 31.2. The number of nitrogens with two attached hydrogens (primary N) is 1. The van der Waals surface area contributed by atoms with E-state index in [-0.39, 0.29) is 35.5 Å². The molecule has 3 atom stereocenters. The number of nitrogens with zero attached hydrogens (tertiary/aromatic N) is 1. The Morgan fingerprint density at radius 1 is 1.14 bits per heavy atom. The molecule has 1 aliphatic carbocycles. The Morgan fingerprint density at radius 3 is 2.50 bits per heavy atom. The maximum absolute atomic E-state index is 15.1. The van der Waals surface area contributed by atoms with Gasteiger partial charge in [0.25, 0.3) is 11.8 Å². The number of amides is 3. The topological polar surface area (TPSA) is 183 Å². The molecule has 232 valence electrons. The van der Waals surface area contributed by atoms with Gasteiger partial charge in [0.05, 0.1) is 24.4 Å². The Balaban J connectivity index is 1.29. The molecule has 5 rings (SSSR count). The lowest BCUT2D eigenvalue weighted by Crippen LogP contribution is -2.49. The Hall–Kier alpha value is -4.21. The average Bonchev–Trinajstić information content (AvgIpc) is 3.71. The van der Waals surface area contributed by atoms with Gasteiger partial charge in [0.15, 0.2) is 9.84 Å². The molecule has 1 saturated heterocycles. The van der Waals surface area contributed by atoms with Crippen LogP contribution in [0.5, 0.6) is 0 Å². The van der Waals surface area contributed by atoms with E-state index in [0.717, 1.165) is 28.6 Å². The number of likely N-dealkylation sites (tertiary alicyclic amines) is 1. The lowest BCUT2D eigenvalue weighted by Gasteiger charge is -2.26. The van der Waals surface area contributed by atoms with Crippen LogP contribution in [0.15, 0.2) is 53.9 Å². The number of thiophene rings is 1. The molecular weight excluding hydrogens is 616 g/mol. The van der Waals surface area contributed by atoms with Gasteiger partial charge in [0.2, 0.25) is 11.8 Å². The van der Waals surface area contributed by atoms with Crippen molar-refractivity contribution in [1.29, 1.82) is 5.41 Å². The standard InChI is InChI=1S/C29H29F2N5O6S2/c1-44(41,42)17-10-23(28(40)35-22(13-37)24-9-16(14-43-24)26(32)33)36(12-17)25(38)11-34-27(39)15-6-7-19-18-4-2-3-5-20(18)29(30,31)21(19)8-15/h2-9,14,17,22-23,37H,10-13H2,1H3,(H3,32,33)(H,34,39)(H,35,40)/t17-,22-,23+/m1/s1. The maximum Gasteiger partial charge on any atom is 0.299 e. The highest BCUT2D eigenvalue weighted by atomic mass is 32.2. The highest BCUT2D eigenvalue weighted by Crippen LogP contribution is 2.50. The average molecular weight is 646 g/mol. The van der Waals surface area contributed by atoms with Gasteiger partial charge in [-0.3, -0.25) is 19.8 Å². The van der Waals surface area contributed by atoms with Crippen LogP contribution in [0, 0.1) is 5.41 Å². The Kier molecular flexibility index (Phi) is 8.31. The summed E-state index contributed by atoms with van der Waals surface area (Å²) in [6.45, 7) is -1.43. The largest absolute Gasteiger partial charge is 0.394 e. The van der Waals surface area contributed by atoms with E-state index in [1.54, 1.807) is 17.5 Å². The van der Waals surface area contributed by atoms with E-state index in [2.05, 4.69) is 10.6 Å². The van der Waals surface area contributed by atoms with E-state index in [0.29, 0.717) is 21.6 Å². The van der Waals surface area contributed by atoms with Crippen LogP contribution >= 0.6 is 11.3 Å². The second-order valence-corrected chi connectivity index (χ2v) is 14.0. The number of halogens is 2. The summed E-state index contributed by atoms with van der Waals surface area (Å²) in [5, 5.41) is 23.0. The van der Waals surface area contributed by atoms with Gasteiger partial charge in [-0.05, 0) is 35.7 Å². The van der Waals surface area contributed by atoms with E-state index < -0.39 is 64.0 Å². The normalized spacial score (nSPS) is 19.1. The van der Waals surface area contributed by atoms with Crippen molar-refractivity contribution in [3.63, 3.8) is 0 Å². The molecule has 2 aromatic carbocycles. The van der Waals surface area contributed by atoms with Gasteiger partial charge < -0.3 is 26.4 Å². The highest BCUT2D eigenvalue weighted by Gasteiger charge is 2.45. The summed E-state index contributed by atoms with van der Waals surface area (Å²) in [6.07, 6.45) is 0.794. The summed E-state index contributed by atoms with van der Waals surface area (Å²) in [6, 6.07) is 9.34. The minimum Gasteiger partial charge on any atom is -0.394 e. The fraction of sp³-hybridized carbons (Fsp3) is 0.310. The third-order valence-corrected chi connectivity index (χ3v) is 10.4. The number of fused-ring (bicyclic) bond motifs is 3. The third-order valence-electron chi connectivity index (χ3n) is 7.84. The van der Waals surface area contributed by atoms with E-state index >= 15 is 8.78 Å². The van der Waals surface area contributed by atoms with Gasteiger partial charge in [-0.1, -0.05) is 30.3 Å². The summed E-state index contributed by atoms with van der Waals surface area (Å²) in [7, 11) is -3.66. The smallest absolute Gasteiger partial charge is 0.299 e. The number of hydrogen-bond acceptors (Lipinski definition) is 8. The molecule has 15 heteroatoms. The zero-order chi connectivity index (χ0) is 32.0. The van der Waals surface area contributed by atoms with Crippen molar-refractivity contribution in [2.24, 2.45) is 5.73 Å². The zero-order valence-corrected chi connectivity index (χ0v) is 25.0. The Bertz CT molecular complexity index is 1780. The Morgan fingerprint density at radius 2 is 1.84 bits per heavy atom. The molecule has 0 bridgehead atoms.